The summed E-state index contributed by atoms with van der Waals surface area (Å²) in [7, 11) is 1.70. The van der Waals surface area contributed by atoms with Gasteiger partial charge in [0.2, 0.25) is 0 Å². The molecule has 0 aromatic rings. The first-order valence-electron chi connectivity index (χ1n) is 5.09. The van der Waals surface area contributed by atoms with Gasteiger partial charge in [0.25, 0.3) is 0 Å². The minimum atomic E-state index is 0.197. The van der Waals surface area contributed by atoms with Gasteiger partial charge in [-0.2, -0.15) is 0 Å². The Hall–Kier alpha value is -0.0800. The van der Waals surface area contributed by atoms with Crippen LogP contribution in [0.15, 0.2) is 0 Å². The van der Waals surface area contributed by atoms with Crippen LogP contribution in [0.4, 0.5) is 0 Å². The van der Waals surface area contributed by atoms with Crippen LogP contribution < -0.4 is 5.73 Å². The standard InChI is InChI=1S/C11H25NO/c1-9(7-11(2,3)4)6-10(12)8-13-5/h9-10H,6-8,12H2,1-5H3. The van der Waals surface area contributed by atoms with Crippen LogP contribution in [0.2, 0.25) is 0 Å². The van der Waals surface area contributed by atoms with Crippen LogP contribution in [0.3, 0.4) is 0 Å². The molecule has 0 aliphatic carbocycles. The molecular formula is C11H25NO. The maximum atomic E-state index is 5.88. The molecular weight excluding hydrogens is 162 g/mol. The van der Waals surface area contributed by atoms with Gasteiger partial charge in [-0.15, -0.1) is 0 Å². The maximum absolute atomic E-state index is 5.88. The molecule has 0 bridgehead atoms. The average molecular weight is 187 g/mol. The highest BCUT2D eigenvalue weighted by Gasteiger charge is 2.17. The Balaban J connectivity index is 3.67. The maximum Gasteiger partial charge on any atom is 0.0613 e. The molecule has 80 valence electrons. The number of rotatable bonds is 5. The molecule has 0 fully saturated rings. The fourth-order valence-corrected chi connectivity index (χ4v) is 1.93. The van der Waals surface area contributed by atoms with E-state index in [-0.39, 0.29) is 6.04 Å². The summed E-state index contributed by atoms with van der Waals surface area (Å²) in [6, 6.07) is 0.197. The summed E-state index contributed by atoms with van der Waals surface area (Å²) in [5, 5.41) is 0. The van der Waals surface area contributed by atoms with E-state index in [0.29, 0.717) is 17.9 Å². The zero-order valence-electron chi connectivity index (χ0n) is 9.76. The summed E-state index contributed by atoms with van der Waals surface area (Å²) < 4.78 is 5.01. The normalized spacial score (nSPS) is 17.1. The van der Waals surface area contributed by atoms with Crippen molar-refractivity contribution in [3.8, 4) is 0 Å². The Morgan fingerprint density at radius 1 is 1.31 bits per heavy atom. The molecule has 0 heterocycles. The lowest BCUT2D eigenvalue weighted by Crippen LogP contribution is -2.28. The van der Waals surface area contributed by atoms with Gasteiger partial charge in [0.15, 0.2) is 0 Å². The molecule has 0 aliphatic heterocycles. The van der Waals surface area contributed by atoms with Crippen LogP contribution >= 0.6 is 0 Å². The van der Waals surface area contributed by atoms with E-state index in [2.05, 4.69) is 27.7 Å². The predicted molar refractivity (Wildman–Crippen MR) is 57.7 cm³/mol. The van der Waals surface area contributed by atoms with Gasteiger partial charge < -0.3 is 10.5 Å². The third-order valence-corrected chi connectivity index (χ3v) is 2.05. The highest BCUT2D eigenvalue weighted by Crippen LogP contribution is 2.26. The van der Waals surface area contributed by atoms with Crippen LogP contribution in [0.5, 0.6) is 0 Å². The number of hydrogen-bond acceptors (Lipinski definition) is 2. The van der Waals surface area contributed by atoms with Gasteiger partial charge in [-0.3, -0.25) is 0 Å². The Morgan fingerprint density at radius 2 is 1.85 bits per heavy atom. The lowest BCUT2D eigenvalue weighted by Gasteiger charge is -2.25. The van der Waals surface area contributed by atoms with Crippen molar-refractivity contribution in [2.24, 2.45) is 17.1 Å². The average Bonchev–Trinajstić information content (AvgIpc) is 1.81. The topological polar surface area (TPSA) is 35.2 Å². The molecule has 0 aliphatic rings. The lowest BCUT2D eigenvalue weighted by atomic mass is 9.83. The van der Waals surface area contributed by atoms with E-state index in [1.54, 1.807) is 7.11 Å². The third kappa shape index (κ3) is 8.26. The van der Waals surface area contributed by atoms with Crippen molar-refractivity contribution in [2.45, 2.75) is 46.6 Å². The summed E-state index contributed by atoms with van der Waals surface area (Å²) >= 11 is 0. The smallest absolute Gasteiger partial charge is 0.0613 e. The highest BCUT2D eigenvalue weighted by atomic mass is 16.5. The van der Waals surface area contributed by atoms with Gasteiger partial charge >= 0.3 is 0 Å². The Kier molecular flexibility index (Phi) is 5.57. The second-order valence-electron chi connectivity index (χ2n) is 5.32. The summed E-state index contributed by atoms with van der Waals surface area (Å²) in [6.07, 6.45) is 2.29. The lowest BCUT2D eigenvalue weighted by molar-refractivity contribution is 0.164. The minimum Gasteiger partial charge on any atom is -0.383 e. The van der Waals surface area contributed by atoms with E-state index in [9.17, 15) is 0 Å². The molecule has 0 rings (SSSR count). The number of hydrogen-bond donors (Lipinski definition) is 1. The van der Waals surface area contributed by atoms with Gasteiger partial charge in [-0.05, 0) is 24.2 Å². The van der Waals surface area contributed by atoms with Crippen molar-refractivity contribution < 1.29 is 4.74 Å². The minimum absolute atomic E-state index is 0.197. The molecule has 2 atom stereocenters. The summed E-state index contributed by atoms with van der Waals surface area (Å²) in [4.78, 5) is 0. The van der Waals surface area contributed by atoms with E-state index in [0.717, 1.165) is 6.42 Å². The van der Waals surface area contributed by atoms with Crippen LogP contribution in [-0.2, 0) is 4.74 Å². The van der Waals surface area contributed by atoms with Crippen molar-refractivity contribution >= 4 is 0 Å². The molecule has 2 N–H and O–H groups in total. The molecule has 0 aromatic heterocycles. The van der Waals surface area contributed by atoms with Gasteiger partial charge in [0.05, 0.1) is 6.61 Å². The summed E-state index contributed by atoms with van der Waals surface area (Å²) in [6.45, 7) is 9.75. The molecule has 0 radical (unpaired) electrons. The van der Waals surface area contributed by atoms with Gasteiger partial charge in [-0.1, -0.05) is 27.7 Å². The zero-order chi connectivity index (χ0) is 10.5. The second kappa shape index (κ2) is 5.61. The van der Waals surface area contributed by atoms with E-state index in [1.165, 1.54) is 6.42 Å². The van der Waals surface area contributed by atoms with Crippen LogP contribution in [0, 0.1) is 11.3 Å². The molecule has 0 amide bonds. The third-order valence-electron chi connectivity index (χ3n) is 2.05. The van der Waals surface area contributed by atoms with Crippen molar-refractivity contribution in [1.82, 2.24) is 0 Å². The van der Waals surface area contributed by atoms with Gasteiger partial charge in [0.1, 0.15) is 0 Å². The number of ether oxygens (including phenoxy) is 1. The fourth-order valence-electron chi connectivity index (χ4n) is 1.93. The molecule has 0 saturated carbocycles. The second-order valence-corrected chi connectivity index (χ2v) is 5.32. The molecule has 0 saturated heterocycles. The van der Waals surface area contributed by atoms with Gasteiger partial charge in [0, 0.05) is 13.2 Å². The molecule has 2 unspecified atom stereocenters. The van der Waals surface area contributed by atoms with Crippen molar-refractivity contribution in [3.05, 3.63) is 0 Å². The Labute approximate surface area is 82.8 Å². The Morgan fingerprint density at radius 3 is 2.23 bits per heavy atom. The molecule has 2 heteroatoms. The van der Waals surface area contributed by atoms with E-state index in [1.807, 2.05) is 0 Å². The first-order chi connectivity index (χ1) is 5.85. The SMILES string of the molecule is COCC(N)CC(C)CC(C)(C)C. The van der Waals surface area contributed by atoms with Crippen molar-refractivity contribution in [2.75, 3.05) is 13.7 Å². The largest absolute Gasteiger partial charge is 0.383 e. The van der Waals surface area contributed by atoms with Crippen LogP contribution in [-0.4, -0.2) is 19.8 Å². The number of methoxy groups -OCH3 is 1. The summed E-state index contributed by atoms with van der Waals surface area (Å²) in [5.41, 5.74) is 6.29. The summed E-state index contributed by atoms with van der Waals surface area (Å²) in [5.74, 6) is 0.685. The van der Waals surface area contributed by atoms with Crippen molar-refractivity contribution in [3.63, 3.8) is 0 Å². The van der Waals surface area contributed by atoms with E-state index in [4.69, 9.17) is 10.5 Å². The first kappa shape index (κ1) is 12.9. The van der Waals surface area contributed by atoms with Crippen LogP contribution in [0.25, 0.3) is 0 Å². The van der Waals surface area contributed by atoms with Crippen molar-refractivity contribution in [1.29, 1.82) is 0 Å². The first-order valence-corrected chi connectivity index (χ1v) is 5.09. The molecule has 0 spiro atoms. The Bertz CT molecular complexity index is 129. The van der Waals surface area contributed by atoms with Crippen LogP contribution in [0.1, 0.15) is 40.5 Å². The molecule has 2 nitrogen and oxygen atoms in total. The molecule has 13 heavy (non-hydrogen) atoms. The van der Waals surface area contributed by atoms with Gasteiger partial charge in [-0.25, -0.2) is 0 Å². The predicted octanol–water partition coefficient (Wildman–Crippen LogP) is 2.42. The van der Waals surface area contributed by atoms with E-state index < -0.39 is 0 Å². The quantitative estimate of drug-likeness (QED) is 0.717. The monoisotopic (exact) mass is 187 g/mol. The highest BCUT2D eigenvalue weighted by molar-refractivity contribution is 4.71. The number of nitrogens with two attached hydrogens (primary N) is 1. The molecule has 0 aromatic carbocycles. The fraction of sp³-hybridized carbons (Fsp3) is 1.00. The zero-order valence-corrected chi connectivity index (χ0v) is 9.76. The van der Waals surface area contributed by atoms with E-state index >= 15 is 0 Å².